The standard InChI is InChI=1S/C11H16N2O4S/c1-17-8-7-12-11(14)9-5-3-4-6-10(9)13-18(2,15)16/h3-6,13H,7-8H2,1-2H3,(H,12,14)/p-1. The minimum absolute atomic E-state index is 0.221. The largest absolute Gasteiger partial charge is 0.858 e. The first-order valence-corrected chi connectivity index (χ1v) is 7.11. The molecule has 0 fully saturated rings. The monoisotopic (exact) mass is 271 g/mol. The molecule has 0 amide bonds. The van der Waals surface area contributed by atoms with Crippen LogP contribution in [0.25, 0.3) is 0 Å². The van der Waals surface area contributed by atoms with Gasteiger partial charge in [0.25, 0.3) is 0 Å². The van der Waals surface area contributed by atoms with Gasteiger partial charge in [-0.1, -0.05) is 18.2 Å². The Labute approximate surface area is 106 Å². The molecule has 0 heterocycles. The van der Waals surface area contributed by atoms with E-state index in [1.54, 1.807) is 12.1 Å². The Morgan fingerprint density at radius 1 is 1.44 bits per heavy atom. The van der Waals surface area contributed by atoms with E-state index >= 15 is 0 Å². The van der Waals surface area contributed by atoms with Gasteiger partial charge in [0.05, 0.1) is 25.1 Å². The van der Waals surface area contributed by atoms with Gasteiger partial charge in [0, 0.05) is 12.7 Å². The lowest BCUT2D eigenvalue weighted by Gasteiger charge is -2.16. The van der Waals surface area contributed by atoms with Crippen molar-refractivity contribution in [3.8, 4) is 0 Å². The molecule has 1 aromatic carbocycles. The van der Waals surface area contributed by atoms with E-state index in [2.05, 4.69) is 9.71 Å². The number of rotatable bonds is 6. The molecule has 6 nitrogen and oxygen atoms in total. The van der Waals surface area contributed by atoms with Crippen LogP contribution in [0.5, 0.6) is 0 Å². The summed E-state index contributed by atoms with van der Waals surface area (Å²) in [5.41, 5.74) is 0.449. The average molecular weight is 271 g/mol. The Morgan fingerprint density at radius 3 is 2.72 bits per heavy atom. The summed E-state index contributed by atoms with van der Waals surface area (Å²) in [7, 11) is -1.91. The SMILES string of the molecule is COCCN=C([O-])c1ccccc1NS(C)(=O)=O. The van der Waals surface area contributed by atoms with Crippen molar-refractivity contribution in [2.75, 3.05) is 31.2 Å². The maximum absolute atomic E-state index is 11.8. The van der Waals surface area contributed by atoms with E-state index in [-0.39, 0.29) is 17.8 Å². The number of sulfonamides is 1. The molecule has 1 rings (SSSR count). The Morgan fingerprint density at radius 2 is 2.11 bits per heavy atom. The van der Waals surface area contributed by atoms with Crippen molar-refractivity contribution in [1.82, 2.24) is 0 Å². The molecule has 0 aromatic heterocycles. The molecule has 0 aliphatic heterocycles. The van der Waals surface area contributed by atoms with Gasteiger partial charge in [0.2, 0.25) is 10.0 Å². The molecule has 18 heavy (non-hydrogen) atoms. The highest BCUT2D eigenvalue weighted by Crippen LogP contribution is 2.15. The van der Waals surface area contributed by atoms with E-state index in [1.807, 2.05) is 0 Å². The van der Waals surface area contributed by atoms with Crippen molar-refractivity contribution in [2.24, 2.45) is 4.99 Å². The van der Waals surface area contributed by atoms with Crippen LogP contribution in [0.4, 0.5) is 5.69 Å². The van der Waals surface area contributed by atoms with E-state index in [0.29, 0.717) is 6.61 Å². The van der Waals surface area contributed by atoms with Crippen LogP contribution >= 0.6 is 0 Å². The number of methoxy groups -OCH3 is 1. The van der Waals surface area contributed by atoms with Crippen LogP contribution in [0.3, 0.4) is 0 Å². The summed E-state index contributed by atoms with van der Waals surface area (Å²) in [5, 5.41) is 11.8. The summed E-state index contributed by atoms with van der Waals surface area (Å²) in [6.45, 7) is 0.579. The Balaban J connectivity index is 2.98. The van der Waals surface area contributed by atoms with Gasteiger partial charge in [0.15, 0.2) is 0 Å². The Bertz CT molecular complexity index is 526. The summed E-state index contributed by atoms with van der Waals surface area (Å²) in [5.74, 6) is -0.473. The van der Waals surface area contributed by atoms with Crippen molar-refractivity contribution in [2.45, 2.75) is 0 Å². The number of nitrogens with zero attached hydrogens (tertiary/aromatic N) is 1. The third kappa shape index (κ3) is 4.72. The number of hydrogen-bond acceptors (Lipinski definition) is 5. The molecule has 1 N–H and O–H groups in total. The van der Waals surface area contributed by atoms with Gasteiger partial charge in [0.1, 0.15) is 0 Å². The van der Waals surface area contributed by atoms with E-state index in [1.165, 1.54) is 19.2 Å². The number of benzene rings is 1. The van der Waals surface area contributed by atoms with Crippen LogP contribution in [-0.4, -0.2) is 40.8 Å². The summed E-state index contributed by atoms with van der Waals surface area (Å²) < 4.78 is 29.4. The van der Waals surface area contributed by atoms with Crippen molar-refractivity contribution in [1.29, 1.82) is 0 Å². The molecule has 0 unspecified atom stereocenters. The highest BCUT2D eigenvalue weighted by atomic mass is 32.2. The maximum atomic E-state index is 11.8. The zero-order valence-corrected chi connectivity index (χ0v) is 11.0. The second-order valence-electron chi connectivity index (χ2n) is 3.60. The molecule has 100 valence electrons. The summed E-state index contributed by atoms with van der Waals surface area (Å²) >= 11 is 0. The molecular weight excluding hydrogens is 256 g/mol. The van der Waals surface area contributed by atoms with Crippen molar-refractivity contribution >= 4 is 21.6 Å². The fourth-order valence-corrected chi connectivity index (χ4v) is 1.86. The second-order valence-corrected chi connectivity index (χ2v) is 5.35. The van der Waals surface area contributed by atoms with E-state index in [9.17, 15) is 13.5 Å². The lowest BCUT2D eigenvalue weighted by Crippen LogP contribution is -2.22. The van der Waals surface area contributed by atoms with Crippen LogP contribution in [0, 0.1) is 0 Å². The predicted octanol–water partition coefficient (Wildman–Crippen LogP) is -0.189. The fourth-order valence-electron chi connectivity index (χ4n) is 1.28. The second kappa shape index (κ2) is 6.36. The quantitative estimate of drug-likeness (QED) is 0.441. The van der Waals surface area contributed by atoms with Gasteiger partial charge in [-0.2, -0.15) is 0 Å². The van der Waals surface area contributed by atoms with E-state index in [0.717, 1.165) is 6.26 Å². The highest BCUT2D eigenvalue weighted by Gasteiger charge is 2.06. The van der Waals surface area contributed by atoms with Crippen LogP contribution in [-0.2, 0) is 14.8 Å². The Kier molecular flexibility index (Phi) is 5.11. The van der Waals surface area contributed by atoms with Crippen molar-refractivity contribution in [3.63, 3.8) is 0 Å². The first kappa shape index (κ1) is 14.5. The summed E-state index contributed by atoms with van der Waals surface area (Å²) in [6, 6.07) is 6.32. The molecule has 0 bridgehead atoms. The predicted molar refractivity (Wildman–Crippen MR) is 68.2 cm³/mol. The van der Waals surface area contributed by atoms with Gasteiger partial charge in [-0.15, -0.1) is 0 Å². The van der Waals surface area contributed by atoms with E-state index < -0.39 is 15.9 Å². The molecule has 0 radical (unpaired) electrons. The van der Waals surface area contributed by atoms with Gasteiger partial charge < -0.3 is 9.84 Å². The molecule has 0 aliphatic rings. The Hall–Kier alpha value is -1.60. The molecule has 0 aliphatic carbocycles. The summed E-state index contributed by atoms with van der Waals surface area (Å²) in [4.78, 5) is 3.78. The number of nitrogens with one attached hydrogen (secondary N) is 1. The molecular formula is C11H15N2O4S-. The van der Waals surface area contributed by atoms with Crippen LogP contribution in [0.15, 0.2) is 29.3 Å². The molecule has 0 saturated carbocycles. The van der Waals surface area contributed by atoms with Crippen LogP contribution < -0.4 is 9.83 Å². The number of ether oxygens (including phenoxy) is 1. The highest BCUT2D eigenvalue weighted by molar-refractivity contribution is 7.92. The number of hydrogen-bond donors (Lipinski definition) is 1. The number of anilines is 1. The summed E-state index contributed by atoms with van der Waals surface area (Å²) in [6.07, 6.45) is 1.02. The topological polar surface area (TPSA) is 90.8 Å². The third-order valence-corrected chi connectivity index (χ3v) is 2.59. The first-order chi connectivity index (χ1) is 8.44. The number of para-hydroxylation sites is 1. The molecule has 0 atom stereocenters. The minimum Gasteiger partial charge on any atom is -0.858 e. The zero-order chi connectivity index (χ0) is 13.6. The normalized spacial score (nSPS) is 12.4. The zero-order valence-electron chi connectivity index (χ0n) is 10.2. The van der Waals surface area contributed by atoms with Gasteiger partial charge in [-0.05, 0) is 12.0 Å². The van der Waals surface area contributed by atoms with E-state index in [4.69, 9.17) is 4.74 Å². The minimum atomic E-state index is -3.43. The molecule has 0 saturated heterocycles. The first-order valence-electron chi connectivity index (χ1n) is 5.21. The third-order valence-electron chi connectivity index (χ3n) is 2.00. The van der Waals surface area contributed by atoms with Crippen molar-refractivity contribution < 1.29 is 18.3 Å². The molecule has 7 heteroatoms. The lowest BCUT2D eigenvalue weighted by atomic mass is 10.2. The number of aliphatic imine (C=N–C) groups is 1. The fraction of sp³-hybridized carbons (Fsp3) is 0.364. The molecule has 1 aromatic rings. The molecule has 0 spiro atoms. The van der Waals surface area contributed by atoms with Crippen molar-refractivity contribution in [3.05, 3.63) is 29.8 Å². The van der Waals surface area contributed by atoms with Gasteiger partial charge >= 0.3 is 0 Å². The maximum Gasteiger partial charge on any atom is 0.229 e. The van der Waals surface area contributed by atoms with Gasteiger partial charge in [-0.3, -0.25) is 9.71 Å². The van der Waals surface area contributed by atoms with Crippen LogP contribution in [0.1, 0.15) is 5.56 Å². The van der Waals surface area contributed by atoms with Gasteiger partial charge in [-0.25, -0.2) is 8.42 Å². The lowest BCUT2D eigenvalue weighted by molar-refractivity contribution is -0.213. The average Bonchev–Trinajstić information content (AvgIpc) is 2.27. The van der Waals surface area contributed by atoms with Crippen LogP contribution in [0.2, 0.25) is 0 Å². The smallest absolute Gasteiger partial charge is 0.229 e.